The van der Waals surface area contributed by atoms with Gasteiger partial charge in [-0.05, 0) is 49.2 Å². The summed E-state index contributed by atoms with van der Waals surface area (Å²) in [5.41, 5.74) is 1.49. The van der Waals surface area contributed by atoms with Gasteiger partial charge in [-0.2, -0.15) is 4.98 Å². The first-order valence-electron chi connectivity index (χ1n) is 8.96. The fourth-order valence-corrected chi connectivity index (χ4v) is 3.57. The molecule has 1 aliphatic heterocycles. The van der Waals surface area contributed by atoms with Crippen LogP contribution in [0.25, 0.3) is 11.4 Å². The van der Waals surface area contributed by atoms with Crippen molar-refractivity contribution in [2.75, 3.05) is 19.0 Å². The normalized spacial score (nSPS) is 16.2. The Labute approximate surface area is 170 Å². The summed E-state index contributed by atoms with van der Waals surface area (Å²) in [6.45, 7) is 0.638. The number of amides is 2. The summed E-state index contributed by atoms with van der Waals surface area (Å²) < 4.78 is 11.8. The second-order valence-corrected chi connectivity index (χ2v) is 7.36. The van der Waals surface area contributed by atoms with Crippen molar-refractivity contribution in [1.29, 1.82) is 0 Å². The van der Waals surface area contributed by atoms with E-state index in [1.165, 1.54) is 0 Å². The molecule has 1 fully saturated rings. The molecule has 1 saturated heterocycles. The first kappa shape index (κ1) is 18.5. The maximum atomic E-state index is 12.8. The highest BCUT2D eigenvalue weighted by atomic mass is 79.9. The molecule has 0 spiro atoms. The number of methoxy groups -OCH3 is 1. The van der Waals surface area contributed by atoms with E-state index < -0.39 is 0 Å². The Bertz CT molecular complexity index is 974. The summed E-state index contributed by atoms with van der Waals surface area (Å²) in [6, 6.07) is 14.5. The maximum absolute atomic E-state index is 12.8. The second-order valence-electron chi connectivity index (χ2n) is 6.44. The number of nitrogens with zero attached hydrogens (tertiary/aromatic N) is 3. The Morgan fingerprint density at radius 2 is 2.04 bits per heavy atom. The maximum Gasteiger partial charge on any atom is 0.322 e. The van der Waals surface area contributed by atoms with E-state index in [1.807, 2.05) is 48.5 Å². The lowest BCUT2D eigenvalue weighted by molar-refractivity contribution is 0.193. The van der Waals surface area contributed by atoms with Gasteiger partial charge in [-0.25, -0.2) is 4.79 Å². The third-order valence-electron chi connectivity index (χ3n) is 4.68. The highest BCUT2D eigenvalue weighted by Crippen LogP contribution is 2.34. The van der Waals surface area contributed by atoms with Crippen LogP contribution >= 0.6 is 15.9 Å². The van der Waals surface area contributed by atoms with Crippen molar-refractivity contribution in [3.63, 3.8) is 0 Å². The van der Waals surface area contributed by atoms with Gasteiger partial charge in [0.05, 0.1) is 12.7 Å². The predicted molar refractivity (Wildman–Crippen MR) is 108 cm³/mol. The number of ether oxygens (including phenoxy) is 1. The van der Waals surface area contributed by atoms with Gasteiger partial charge in [-0.1, -0.05) is 33.2 Å². The van der Waals surface area contributed by atoms with Gasteiger partial charge in [0, 0.05) is 16.7 Å². The minimum absolute atomic E-state index is 0.179. The van der Waals surface area contributed by atoms with Crippen LogP contribution in [0.5, 0.6) is 5.75 Å². The molecule has 1 aliphatic rings. The Kier molecular flexibility index (Phi) is 5.29. The molecule has 0 aliphatic carbocycles. The minimum atomic E-state index is -0.244. The molecule has 1 N–H and O–H groups in total. The Morgan fingerprint density at radius 1 is 1.25 bits per heavy atom. The number of hydrogen-bond donors (Lipinski definition) is 1. The van der Waals surface area contributed by atoms with Gasteiger partial charge in [-0.15, -0.1) is 0 Å². The molecule has 4 rings (SSSR count). The third kappa shape index (κ3) is 3.73. The standard InChI is InChI=1S/C20H19BrN4O3/c1-27-17-7-3-2-5-15(17)18-23-19(28-24-18)16-6-4-12-25(16)20(26)22-14-10-8-13(21)9-11-14/h2-3,5,7-11,16H,4,6,12H2,1H3,(H,22,26). The Balaban J connectivity index is 1.53. The van der Waals surface area contributed by atoms with Crippen LogP contribution in [0.3, 0.4) is 0 Å². The molecule has 28 heavy (non-hydrogen) atoms. The molecule has 7 nitrogen and oxygen atoms in total. The van der Waals surface area contributed by atoms with Crippen molar-refractivity contribution >= 4 is 27.6 Å². The van der Waals surface area contributed by atoms with Crippen molar-refractivity contribution in [2.45, 2.75) is 18.9 Å². The number of urea groups is 1. The third-order valence-corrected chi connectivity index (χ3v) is 5.21. The van der Waals surface area contributed by atoms with E-state index >= 15 is 0 Å². The Hall–Kier alpha value is -2.87. The lowest BCUT2D eigenvalue weighted by Gasteiger charge is -2.22. The van der Waals surface area contributed by atoms with Gasteiger partial charge >= 0.3 is 6.03 Å². The molecule has 1 aromatic heterocycles. The summed E-state index contributed by atoms with van der Waals surface area (Å²) in [5, 5.41) is 7.02. The van der Waals surface area contributed by atoms with Gasteiger partial charge in [0.2, 0.25) is 11.7 Å². The highest BCUT2D eigenvalue weighted by molar-refractivity contribution is 9.10. The number of carbonyl (C=O) groups is 1. The van der Waals surface area contributed by atoms with Crippen LogP contribution in [-0.2, 0) is 0 Å². The van der Waals surface area contributed by atoms with Crippen molar-refractivity contribution < 1.29 is 14.1 Å². The van der Waals surface area contributed by atoms with E-state index in [4.69, 9.17) is 9.26 Å². The molecule has 2 heterocycles. The average molecular weight is 443 g/mol. The number of carbonyl (C=O) groups excluding carboxylic acids is 1. The average Bonchev–Trinajstić information content (AvgIpc) is 3.39. The van der Waals surface area contributed by atoms with Crippen molar-refractivity contribution in [3.8, 4) is 17.1 Å². The molecule has 0 saturated carbocycles. The molecule has 2 amide bonds. The number of anilines is 1. The molecule has 1 atom stereocenters. The Morgan fingerprint density at radius 3 is 2.82 bits per heavy atom. The molecule has 144 valence electrons. The van der Waals surface area contributed by atoms with E-state index in [9.17, 15) is 4.79 Å². The van der Waals surface area contributed by atoms with Gasteiger partial charge in [0.1, 0.15) is 11.8 Å². The highest BCUT2D eigenvalue weighted by Gasteiger charge is 2.34. The van der Waals surface area contributed by atoms with E-state index in [-0.39, 0.29) is 12.1 Å². The zero-order chi connectivity index (χ0) is 19.5. The number of rotatable bonds is 4. The first-order chi connectivity index (χ1) is 13.7. The number of benzene rings is 2. The molecule has 3 aromatic rings. The number of likely N-dealkylation sites (tertiary alicyclic amines) is 1. The molecule has 0 bridgehead atoms. The van der Waals surface area contributed by atoms with E-state index in [2.05, 4.69) is 31.4 Å². The first-order valence-corrected chi connectivity index (χ1v) is 9.75. The van der Waals surface area contributed by atoms with Gasteiger partial charge < -0.3 is 19.5 Å². The fourth-order valence-electron chi connectivity index (χ4n) is 3.30. The quantitative estimate of drug-likeness (QED) is 0.622. The van der Waals surface area contributed by atoms with Crippen LogP contribution in [0.1, 0.15) is 24.8 Å². The van der Waals surface area contributed by atoms with Gasteiger partial charge in [0.15, 0.2) is 0 Å². The van der Waals surface area contributed by atoms with Crippen LogP contribution in [0.2, 0.25) is 0 Å². The van der Waals surface area contributed by atoms with Crippen LogP contribution in [-0.4, -0.2) is 34.7 Å². The topological polar surface area (TPSA) is 80.5 Å². The van der Waals surface area contributed by atoms with Crippen LogP contribution in [0.15, 0.2) is 57.5 Å². The summed E-state index contributed by atoms with van der Waals surface area (Å²) in [7, 11) is 1.60. The zero-order valence-electron chi connectivity index (χ0n) is 15.3. The number of para-hydroxylation sites is 1. The second kappa shape index (κ2) is 8.02. The van der Waals surface area contributed by atoms with E-state index in [0.717, 1.165) is 28.6 Å². The summed E-state index contributed by atoms with van der Waals surface area (Å²) in [4.78, 5) is 19.0. The van der Waals surface area contributed by atoms with E-state index in [1.54, 1.807) is 12.0 Å². The molecule has 0 radical (unpaired) electrons. The van der Waals surface area contributed by atoms with Crippen LogP contribution in [0.4, 0.5) is 10.5 Å². The largest absolute Gasteiger partial charge is 0.496 e. The summed E-state index contributed by atoms with van der Waals surface area (Å²) in [5.74, 6) is 1.56. The monoisotopic (exact) mass is 442 g/mol. The van der Waals surface area contributed by atoms with E-state index in [0.29, 0.717) is 24.0 Å². The fraction of sp³-hybridized carbons (Fsp3) is 0.250. The van der Waals surface area contributed by atoms with Gasteiger partial charge in [-0.3, -0.25) is 0 Å². The number of hydrogen-bond acceptors (Lipinski definition) is 5. The molecule has 8 heteroatoms. The van der Waals surface area contributed by atoms with Crippen LogP contribution in [0, 0.1) is 0 Å². The summed E-state index contributed by atoms with van der Waals surface area (Å²) in [6.07, 6.45) is 1.66. The van der Waals surface area contributed by atoms with Crippen molar-refractivity contribution in [3.05, 3.63) is 58.9 Å². The zero-order valence-corrected chi connectivity index (χ0v) is 16.8. The molecule has 1 unspecified atom stereocenters. The number of halogens is 1. The molecular formula is C20H19BrN4O3. The number of aromatic nitrogens is 2. The van der Waals surface area contributed by atoms with Crippen molar-refractivity contribution in [2.24, 2.45) is 0 Å². The SMILES string of the molecule is COc1ccccc1-c1noc(C2CCCN2C(=O)Nc2ccc(Br)cc2)n1. The summed E-state index contributed by atoms with van der Waals surface area (Å²) >= 11 is 3.39. The predicted octanol–water partition coefficient (Wildman–Crippen LogP) is 4.88. The number of nitrogens with one attached hydrogen (secondary N) is 1. The minimum Gasteiger partial charge on any atom is -0.496 e. The van der Waals surface area contributed by atoms with Crippen molar-refractivity contribution in [1.82, 2.24) is 15.0 Å². The molecule has 2 aromatic carbocycles. The lowest BCUT2D eigenvalue weighted by Crippen LogP contribution is -2.34. The smallest absolute Gasteiger partial charge is 0.322 e. The van der Waals surface area contributed by atoms with Crippen LogP contribution < -0.4 is 10.1 Å². The molecular weight excluding hydrogens is 424 g/mol. The lowest BCUT2D eigenvalue weighted by atomic mass is 10.2. The van der Waals surface area contributed by atoms with Gasteiger partial charge in [0.25, 0.3) is 0 Å².